The van der Waals surface area contributed by atoms with Crippen LogP contribution in [0.2, 0.25) is 0 Å². The normalized spacial score (nSPS) is 14.4. The number of aromatic nitrogens is 1. The van der Waals surface area contributed by atoms with Gasteiger partial charge in [0.1, 0.15) is 0 Å². The lowest BCUT2D eigenvalue weighted by Gasteiger charge is -2.14. The molecule has 2 aromatic rings. The maximum Gasteiger partial charge on any atom is 0.0486 e. The van der Waals surface area contributed by atoms with Gasteiger partial charge in [-0.05, 0) is 56.4 Å². The van der Waals surface area contributed by atoms with Crippen LogP contribution in [0.4, 0.5) is 5.69 Å². The van der Waals surface area contributed by atoms with E-state index in [2.05, 4.69) is 23.6 Å². The van der Waals surface area contributed by atoms with E-state index in [-0.39, 0.29) is 12.4 Å². The monoisotopic (exact) mass is 250 g/mol. The van der Waals surface area contributed by atoms with Crippen LogP contribution in [0.3, 0.4) is 0 Å². The van der Waals surface area contributed by atoms with Crippen LogP contribution in [-0.4, -0.2) is 4.57 Å². The van der Waals surface area contributed by atoms with E-state index < -0.39 is 0 Å². The van der Waals surface area contributed by atoms with E-state index in [0.717, 1.165) is 12.2 Å². The Morgan fingerprint density at radius 2 is 2.00 bits per heavy atom. The minimum Gasteiger partial charge on any atom is -0.399 e. The fraction of sp³-hybridized carbons (Fsp3) is 0.429. The topological polar surface area (TPSA) is 30.9 Å². The molecule has 0 saturated carbocycles. The zero-order valence-corrected chi connectivity index (χ0v) is 11.0. The van der Waals surface area contributed by atoms with Crippen molar-refractivity contribution < 1.29 is 0 Å². The van der Waals surface area contributed by atoms with Gasteiger partial charge in [-0.15, -0.1) is 12.4 Å². The number of halogens is 1. The van der Waals surface area contributed by atoms with Crippen LogP contribution in [0, 0.1) is 0 Å². The molecule has 2 nitrogen and oxygen atoms in total. The molecule has 0 spiro atoms. The number of hydrogen-bond donors (Lipinski definition) is 1. The molecule has 0 atom stereocenters. The number of benzene rings is 1. The smallest absolute Gasteiger partial charge is 0.0486 e. The summed E-state index contributed by atoms with van der Waals surface area (Å²) in [5.41, 5.74) is 11.2. The molecule has 2 N–H and O–H groups in total. The molecule has 1 heterocycles. The van der Waals surface area contributed by atoms with Gasteiger partial charge in [0.2, 0.25) is 0 Å². The second kappa shape index (κ2) is 4.61. The maximum atomic E-state index is 5.90. The number of rotatable bonds is 1. The molecule has 0 unspecified atom stereocenters. The van der Waals surface area contributed by atoms with Gasteiger partial charge in [0.05, 0.1) is 0 Å². The van der Waals surface area contributed by atoms with E-state index in [4.69, 9.17) is 5.73 Å². The molecular formula is C14H19ClN2. The molecule has 1 aromatic carbocycles. The Morgan fingerprint density at radius 1 is 1.24 bits per heavy atom. The van der Waals surface area contributed by atoms with Crippen LogP contribution in [-0.2, 0) is 19.4 Å². The summed E-state index contributed by atoms with van der Waals surface area (Å²) < 4.78 is 2.46. The van der Waals surface area contributed by atoms with Crippen molar-refractivity contribution in [3.05, 3.63) is 29.5 Å². The molecule has 3 heteroatoms. The predicted molar refractivity (Wildman–Crippen MR) is 75.9 cm³/mol. The highest BCUT2D eigenvalue weighted by Crippen LogP contribution is 2.33. The molecule has 0 fully saturated rings. The van der Waals surface area contributed by atoms with Crippen LogP contribution in [0.15, 0.2) is 18.2 Å². The van der Waals surface area contributed by atoms with Crippen LogP contribution in [0.5, 0.6) is 0 Å². The Kier molecular flexibility index (Phi) is 3.34. The van der Waals surface area contributed by atoms with Crippen molar-refractivity contribution in [1.29, 1.82) is 0 Å². The fourth-order valence-corrected chi connectivity index (χ4v) is 3.01. The van der Waals surface area contributed by atoms with Gasteiger partial charge in [0.25, 0.3) is 0 Å². The quantitative estimate of drug-likeness (QED) is 0.771. The van der Waals surface area contributed by atoms with Gasteiger partial charge in [-0.3, -0.25) is 0 Å². The van der Waals surface area contributed by atoms with Gasteiger partial charge >= 0.3 is 0 Å². The lowest BCUT2D eigenvalue weighted by molar-refractivity contribution is 0.630. The second-order valence-electron chi connectivity index (χ2n) is 4.65. The standard InChI is InChI=1S/C14H18N2.ClH/c1-2-16-13-6-4-3-5-11(13)12-9-10(15)7-8-14(12)16;/h7-9H,2-6,15H2,1H3;1H. The lowest BCUT2D eigenvalue weighted by Crippen LogP contribution is -2.06. The molecule has 3 rings (SSSR count). The first-order valence-electron chi connectivity index (χ1n) is 6.20. The van der Waals surface area contributed by atoms with Gasteiger partial charge in [-0.1, -0.05) is 0 Å². The van der Waals surface area contributed by atoms with Crippen LogP contribution in [0.1, 0.15) is 31.0 Å². The summed E-state index contributed by atoms with van der Waals surface area (Å²) in [5, 5.41) is 1.39. The Hall–Kier alpha value is -1.15. The SMILES string of the molecule is CCn1c2c(c3cc(N)ccc31)CCCC2.Cl. The van der Waals surface area contributed by atoms with Crippen molar-refractivity contribution in [3.63, 3.8) is 0 Å². The number of hydrogen-bond acceptors (Lipinski definition) is 1. The largest absolute Gasteiger partial charge is 0.399 e. The number of nitrogens with two attached hydrogens (primary N) is 1. The summed E-state index contributed by atoms with van der Waals surface area (Å²) in [5.74, 6) is 0. The number of nitrogens with zero attached hydrogens (tertiary/aromatic N) is 1. The highest BCUT2D eigenvalue weighted by molar-refractivity contribution is 5.88. The van der Waals surface area contributed by atoms with Gasteiger partial charge < -0.3 is 10.3 Å². The van der Waals surface area contributed by atoms with Crippen molar-refractivity contribution in [1.82, 2.24) is 4.57 Å². The fourth-order valence-electron chi connectivity index (χ4n) is 3.01. The van der Waals surface area contributed by atoms with E-state index in [0.29, 0.717) is 0 Å². The predicted octanol–water partition coefficient (Wildman–Crippen LogP) is 3.54. The van der Waals surface area contributed by atoms with E-state index in [1.54, 1.807) is 11.3 Å². The van der Waals surface area contributed by atoms with Gasteiger partial charge in [0, 0.05) is 28.8 Å². The number of nitrogen functional groups attached to an aromatic ring is 1. The lowest BCUT2D eigenvalue weighted by atomic mass is 9.95. The molecule has 17 heavy (non-hydrogen) atoms. The number of aryl methyl sites for hydroxylation is 2. The Labute approximate surface area is 108 Å². The van der Waals surface area contributed by atoms with E-state index in [9.17, 15) is 0 Å². The van der Waals surface area contributed by atoms with Crippen molar-refractivity contribution in [2.24, 2.45) is 0 Å². The Balaban J connectivity index is 0.00000108. The number of fused-ring (bicyclic) bond motifs is 3. The van der Waals surface area contributed by atoms with Crippen molar-refractivity contribution >= 4 is 29.0 Å². The minimum atomic E-state index is 0. The zero-order valence-electron chi connectivity index (χ0n) is 10.2. The molecule has 1 aliphatic rings. The van der Waals surface area contributed by atoms with Gasteiger partial charge in [-0.25, -0.2) is 0 Å². The average molecular weight is 251 g/mol. The summed E-state index contributed by atoms with van der Waals surface area (Å²) in [6.07, 6.45) is 5.11. The third-order valence-corrected chi connectivity index (χ3v) is 3.72. The Bertz CT molecular complexity index is 543. The number of anilines is 1. The minimum absolute atomic E-state index is 0. The molecule has 0 saturated heterocycles. The van der Waals surface area contributed by atoms with Crippen LogP contribution in [0.25, 0.3) is 10.9 Å². The molecule has 0 radical (unpaired) electrons. The summed E-state index contributed by atoms with van der Waals surface area (Å²) in [6.45, 7) is 3.29. The molecule has 0 amide bonds. The highest BCUT2D eigenvalue weighted by atomic mass is 35.5. The second-order valence-corrected chi connectivity index (χ2v) is 4.65. The zero-order chi connectivity index (χ0) is 11.1. The maximum absolute atomic E-state index is 5.90. The molecule has 0 bridgehead atoms. The van der Waals surface area contributed by atoms with Crippen molar-refractivity contribution in [3.8, 4) is 0 Å². The first kappa shape index (κ1) is 12.3. The summed E-state index contributed by atoms with van der Waals surface area (Å²) in [4.78, 5) is 0. The van der Waals surface area contributed by atoms with Crippen LogP contribution < -0.4 is 5.73 Å². The van der Waals surface area contributed by atoms with E-state index in [1.165, 1.54) is 36.6 Å². The van der Waals surface area contributed by atoms with Gasteiger partial charge in [0.15, 0.2) is 0 Å². The third kappa shape index (κ3) is 1.81. The molecule has 0 aliphatic heterocycles. The third-order valence-electron chi connectivity index (χ3n) is 3.72. The van der Waals surface area contributed by atoms with E-state index >= 15 is 0 Å². The molecule has 1 aromatic heterocycles. The first-order valence-corrected chi connectivity index (χ1v) is 6.20. The van der Waals surface area contributed by atoms with E-state index in [1.807, 2.05) is 6.07 Å². The van der Waals surface area contributed by atoms with Gasteiger partial charge in [-0.2, -0.15) is 0 Å². The summed E-state index contributed by atoms with van der Waals surface area (Å²) in [7, 11) is 0. The van der Waals surface area contributed by atoms with Crippen molar-refractivity contribution in [2.75, 3.05) is 5.73 Å². The summed E-state index contributed by atoms with van der Waals surface area (Å²) in [6, 6.07) is 6.33. The van der Waals surface area contributed by atoms with Crippen LogP contribution >= 0.6 is 12.4 Å². The van der Waals surface area contributed by atoms with Crippen molar-refractivity contribution in [2.45, 2.75) is 39.2 Å². The molecule has 1 aliphatic carbocycles. The molecule has 92 valence electrons. The first-order chi connectivity index (χ1) is 7.81. The summed E-state index contributed by atoms with van der Waals surface area (Å²) >= 11 is 0. The average Bonchev–Trinajstić information content (AvgIpc) is 2.62. The Morgan fingerprint density at radius 3 is 2.76 bits per heavy atom. The molecular weight excluding hydrogens is 232 g/mol. The highest BCUT2D eigenvalue weighted by Gasteiger charge is 2.18.